The van der Waals surface area contributed by atoms with E-state index in [0.717, 1.165) is 32.5 Å². The number of likely N-dealkylation sites (tertiary alicyclic amines) is 1. The molecule has 3 heteroatoms. The van der Waals surface area contributed by atoms with Crippen LogP contribution in [-0.2, 0) is 11.3 Å². The second kappa shape index (κ2) is 5.11. The highest BCUT2D eigenvalue weighted by atomic mass is 16.2. The number of carbonyl (C=O) groups excluding carboxylic acids is 1. The standard InChI is InChI=1S/C15H20N2O/c18-15-13-7-4-8-14(16-15)11-17(10-13)9-12-5-2-1-3-6-12/h1-3,5-6,13-14H,4,7-11H2,(H,16,18). The van der Waals surface area contributed by atoms with E-state index in [4.69, 9.17) is 0 Å². The number of hydrogen-bond donors (Lipinski definition) is 1. The van der Waals surface area contributed by atoms with Gasteiger partial charge in [-0.1, -0.05) is 36.8 Å². The minimum absolute atomic E-state index is 0.196. The molecule has 1 N–H and O–H groups in total. The second-order valence-electron chi connectivity index (χ2n) is 5.51. The van der Waals surface area contributed by atoms with Crippen LogP contribution >= 0.6 is 0 Å². The Bertz CT molecular complexity index is 418. The summed E-state index contributed by atoms with van der Waals surface area (Å²) >= 11 is 0. The summed E-state index contributed by atoms with van der Waals surface area (Å²) in [6.45, 7) is 2.87. The van der Waals surface area contributed by atoms with E-state index in [1.807, 2.05) is 6.07 Å². The van der Waals surface area contributed by atoms with Gasteiger partial charge in [-0.15, -0.1) is 0 Å². The van der Waals surface area contributed by atoms with Gasteiger partial charge in [0.05, 0.1) is 5.92 Å². The molecule has 2 saturated heterocycles. The Kier molecular flexibility index (Phi) is 3.33. The van der Waals surface area contributed by atoms with Gasteiger partial charge < -0.3 is 5.32 Å². The normalized spacial score (nSPS) is 28.6. The van der Waals surface area contributed by atoms with Gasteiger partial charge in [-0.25, -0.2) is 0 Å². The number of benzene rings is 1. The van der Waals surface area contributed by atoms with Gasteiger partial charge in [-0.05, 0) is 18.4 Å². The highest BCUT2D eigenvalue weighted by Crippen LogP contribution is 2.22. The van der Waals surface area contributed by atoms with Crippen LogP contribution in [0, 0.1) is 5.92 Å². The zero-order valence-electron chi connectivity index (χ0n) is 10.6. The second-order valence-corrected chi connectivity index (χ2v) is 5.51. The molecule has 2 fully saturated rings. The van der Waals surface area contributed by atoms with Gasteiger partial charge in [-0.3, -0.25) is 9.69 Å². The molecule has 96 valence electrons. The van der Waals surface area contributed by atoms with E-state index in [-0.39, 0.29) is 11.8 Å². The number of carbonyl (C=O) groups is 1. The quantitative estimate of drug-likeness (QED) is 0.860. The molecule has 1 amide bonds. The lowest BCUT2D eigenvalue weighted by atomic mass is 9.99. The van der Waals surface area contributed by atoms with Crippen LogP contribution in [0.15, 0.2) is 30.3 Å². The van der Waals surface area contributed by atoms with Crippen molar-refractivity contribution in [3.63, 3.8) is 0 Å². The van der Waals surface area contributed by atoms with Crippen LogP contribution in [0.1, 0.15) is 24.8 Å². The Morgan fingerprint density at radius 3 is 2.83 bits per heavy atom. The number of hydrogen-bond acceptors (Lipinski definition) is 2. The fourth-order valence-electron chi connectivity index (χ4n) is 3.11. The third-order valence-electron chi connectivity index (χ3n) is 4.03. The van der Waals surface area contributed by atoms with Crippen LogP contribution in [0.5, 0.6) is 0 Å². The van der Waals surface area contributed by atoms with Crippen molar-refractivity contribution in [1.29, 1.82) is 0 Å². The van der Waals surface area contributed by atoms with Crippen molar-refractivity contribution in [2.24, 2.45) is 5.92 Å². The Hall–Kier alpha value is -1.35. The van der Waals surface area contributed by atoms with Crippen LogP contribution in [0.2, 0.25) is 0 Å². The lowest BCUT2D eigenvalue weighted by Crippen LogP contribution is -2.38. The van der Waals surface area contributed by atoms with E-state index in [0.29, 0.717) is 6.04 Å². The molecule has 3 nitrogen and oxygen atoms in total. The predicted octanol–water partition coefficient (Wildman–Crippen LogP) is 1.79. The molecule has 0 saturated carbocycles. The van der Waals surface area contributed by atoms with Crippen LogP contribution < -0.4 is 5.32 Å². The molecular weight excluding hydrogens is 224 g/mol. The Morgan fingerprint density at radius 1 is 1.17 bits per heavy atom. The first-order valence-corrected chi connectivity index (χ1v) is 6.88. The maximum absolute atomic E-state index is 12.0. The van der Waals surface area contributed by atoms with E-state index in [2.05, 4.69) is 34.5 Å². The lowest BCUT2D eigenvalue weighted by molar-refractivity contribution is -0.124. The van der Waals surface area contributed by atoms with E-state index < -0.39 is 0 Å². The van der Waals surface area contributed by atoms with Gasteiger partial charge in [0.15, 0.2) is 0 Å². The fourth-order valence-corrected chi connectivity index (χ4v) is 3.11. The Labute approximate surface area is 108 Å². The zero-order valence-corrected chi connectivity index (χ0v) is 10.6. The largest absolute Gasteiger partial charge is 0.352 e. The molecule has 3 rings (SSSR count). The summed E-state index contributed by atoms with van der Waals surface area (Å²) in [7, 11) is 0. The zero-order chi connectivity index (χ0) is 12.4. The summed E-state index contributed by atoms with van der Waals surface area (Å²) in [6.07, 6.45) is 3.37. The molecule has 0 aromatic heterocycles. The third kappa shape index (κ3) is 2.56. The summed E-state index contributed by atoms with van der Waals surface area (Å²) in [5, 5.41) is 3.18. The molecule has 1 aromatic carbocycles. The average Bonchev–Trinajstić information content (AvgIpc) is 2.59. The average molecular weight is 244 g/mol. The van der Waals surface area contributed by atoms with Crippen molar-refractivity contribution in [3.05, 3.63) is 35.9 Å². The molecule has 2 aliphatic rings. The van der Waals surface area contributed by atoms with Crippen molar-refractivity contribution >= 4 is 5.91 Å². The van der Waals surface area contributed by atoms with Crippen molar-refractivity contribution < 1.29 is 4.79 Å². The third-order valence-corrected chi connectivity index (χ3v) is 4.03. The molecule has 2 heterocycles. The molecule has 0 spiro atoms. The highest BCUT2D eigenvalue weighted by molar-refractivity contribution is 5.79. The maximum atomic E-state index is 12.0. The molecule has 0 aliphatic carbocycles. The fraction of sp³-hybridized carbons (Fsp3) is 0.533. The maximum Gasteiger partial charge on any atom is 0.224 e. The van der Waals surface area contributed by atoms with Gasteiger partial charge in [0, 0.05) is 25.7 Å². The van der Waals surface area contributed by atoms with Gasteiger partial charge in [0.25, 0.3) is 0 Å². The summed E-state index contributed by atoms with van der Waals surface area (Å²) in [5.74, 6) is 0.467. The molecule has 1 aromatic rings. The molecule has 2 unspecified atom stereocenters. The molecule has 0 radical (unpaired) electrons. The summed E-state index contributed by atoms with van der Waals surface area (Å²) < 4.78 is 0. The molecule has 2 bridgehead atoms. The van der Waals surface area contributed by atoms with Crippen molar-refractivity contribution in [1.82, 2.24) is 10.2 Å². The predicted molar refractivity (Wildman–Crippen MR) is 71.0 cm³/mol. The molecule has 2 aliphatic heterocycles. The van der Waals surface area contributed by atoms with Gasteiger partial charge in [0.1, 0.15) is 0 Å². The van der Waals surface area contributed by atoms with Crippen molar-refractivity contribution in [2.75, 3.05) is 13.1 Å². The van der Waals surface area contributed by atoms with E-state index in [1.54, 1.807) is 0 Å². The number of rotatable bonds is 2. The van der Waals surface area contributed by atoms with Gasteiger partial charge >= 0.3 is 0 Å². The SMILES string of the molecule is O=C1NC2CCCC1CN(Cc1ccccc1)C2. The van der Waals surface area contributed by atoms with Crippen LogP contribution in [0.3, 0.4) is 0 Å². The van der Waals surface area contributed by atoms with Gasteiger partial charge in [-0.2, -0.15) is 0 Å². The van der Waals surface area contributed by atoms with Crippen LogP contribution in [-0.4, -0.2) is 29.9 Å². The molecular formula is C15H20N2O. The summed E-state index contributed by atoms with van der Waals surface area (Å²) in [5.41, 5.74) is 1.34. The van der Waals surface area contributed by atoms with Crippen LogP contribution in [0.4, 0.5) is 0 Å². The minimum atomic E-state index is 0.196. The first-order valence-electron chi connectivity index (χ1n) is 6.88. The van der Waals surface area contributed by atoms with E-state index in [1.165, 1.54) is 12.0 Å². The van der Waals surface area contributed by atoms with Gasteiger partial charge in [0.2, 0.25) is 5.91 Å². The number of nitrogens with zero attached hydrogens (tertiary/aromatic N) is 1. The first kappa shape index (κ1) is 11.7. The number of nitrogens with one attached hydrogen (secondary N) is 1. The highest BCUT2D eigenvalue weighted by Gasteiger charge is 2.32. The molecule has 18 heavy (non-hydrogen) atoms. The topological polar surface area (TPSA) is 32.3 Å². The van der Waals surface area contributed by atoms with E-state index in [9.17, 15) is 4.79 Å². The first-order chi connectivity index (χ1) is 8.81. The monoisotopic (exact) mass is 244 g/mol. The lowest BCUT2D eigenvalue weighted by Gasteiger charge is -2.27. The Morgan fingerprint density at radius 2 is 2.00 bits per heavy atom. The smallest absolute Gasteiger partial charge is 0.224 e. The van der Waals surface area contributed by atoms with Crippen LogP contribution in [0.25, 0.3) is 0 Å². The van der Waals surface area contributed by atoms with Crippen molar-refractivity contribution in [3.8, 4) is 0 Å². The Balaban J connectivity index is 1.72. The molecule has 2 atom stereocenters. The van der Waals surface area contributed by atoms with Crippen molar-refractivity contribution in [2.45, 2.75) is 31.8 Å². The number of amides is 1. The summed E-state index contributed by atoms with van der Waals surface area (Å²) in [4.78, 5) is 14.4. The number of fused-ring (bicyclic) bond motifs is 3. The minimum Gasteiger partial charge on any atom is -0.352 e. The summed E-state index contributed by atoms with van der Waals surface area (Å²) in [6, 6.07) is 10.9. The van der Waals surface area contributed by atoms with E-state index >= 15 is 0 Å².